The zero-order valence-corrected chi connectivity index (χ0v) is 10.4. The molecular formula is C16H10N2O2. The SMILES string of the molecule is Nc1c2c3c(cccc3[nH]c1=O)C(=O)c1ccccc1-2. The first-order valence-electron chi connectivity index (χ1n) is 6.27. The van der Waals surface area contributed by atoms with Crippen LogP contribution in [0.2, 0.25) is 0 Å². The third-order valence-electron chi connectivity index (χ3n) is 3.76. The van der Waals surface area contributed by atoms with Gasteiger partial charge in [0.2, 0.25) is 0 Å². The van der Waals surface area contributed by atoms with E-state index in [4.69, 9.17) is 5.73 Å². The van der Waals surface area contributed by atoms with E-state index in [1.54, 1.807) is 24.3 Å². The van der Waals surface area contributed by atoms with E-state index in [9.17, 15) is 9.59 Å². The van der Waals surface area contributed by atoms with Crippen LogP contribution in [0.4, 0.5) is 5.69 Å². The van der Waals surface area contributed by atoms with Crippen LogP contribution < -0.4 is 11.3 Å². The van der Waals surface area contributed by atoms with Crippen LogP contribution in [0.5, 0.6) is 0 Å². The molecule has 1 aliphatic rings. The average Bonchev–Trinajstić information content (AvgIpc) is 2.47. The van der Waals surface area contributed by atoms with Crippen molar-refractivity contribution in [3.63, 3.8) is 0 Å². The summed E-state index contributed by atoms with van der Waals surface area (Å²) in [5.41, 5.74) is 9.00. The molecular weight excluding hydrogens is 252 g/mol. The highest BCUT2D eigenvalue weighted by atomic mass is 16.1. The maximum Gasteiger partial charge on any atom is 0.272 e. The van der Waals surface area contributed by atoms with Gasteiger partial charge in [0.1, 0.15) is 5.69 Å². The van der Waals surface area contributed by atoms with Gasteiger partial charge in [-0.15, -0.1) is 0 Å². The van der Waals surface area contributed by atoms with Crippen LogP contribution in [0, 0.1) is 0 Å². The zero-order valence-electron chi connectivity index (χ0n) is 10.4. The molecule has 3 aromatic rings. The topological polar surface area (TPSA) is 76.0 Å². The molecule has 4 rings (SSSR count). The molecule has 0 bridgehead atoms. The highest BCUT2D eigenvalue weighted by molar-refractivity contribution is 6.26. The molecule has 0 aliphatic heterocycles. The number of anilines is 1. The predicted molar refractivity (Wildman–Crippen MR) is 77.8 cm³/mol. The number of carbonyl (C=O) groups excluding carboxylic acids is 1. The van der Waals surface area contributed by atoms with E-state index in [2.05, 4.69) is 4.98 Å². The maximum absolute atomic E-state index is 12.6. The molecule has 0 spiro atoms. The molecule has 0 amide bonds. The lowest BCUT2D eigenvalue weighted by molar-refractivity contribution is 0.104. The van der Waals surface area contributed by atoms with Crippen molar-refractivity contribution in [2.75, 3.05) is 5.73 Å². The molecule has 1 heterocycles. The number of aromatic amines is 1. The van der Waals surface area contributed by atoms with Gasteiger partial charge in [-0.1, -0.05) is 36.4 Å². The summed E-state index contributed by atoms with van der Waals surface area (Å²) in [6.07, 6.45) is 0. The first-order valence-corrected chi connectivity index (χ1v) is 6.27. The standard InChI is InChI=1S/C16H10N2O2/c17-14-13-8-4-1-2-5-9(8)15(19)10-6-3-7-11(12(10)13)18-16(14)20/h1-7H,17H2,(H,18,20). The van der Waals surface area contributed by atoms with Crippen molar-refractivity contribution in [2.45, 2.75) is 0 Å². The van der Waals surface area contributed by atoms with E-state index >= 15 is 0 Å². The highest BCUT2D eigenvalue weighted by Crippen LogP contribution is 2.40. The van der Waals surface area contributed by atoms with Crippen LogP contribution in [-0.4, -0.2) is 10.8 Å². The molecule has 1 aromatic heterocycles. The van der Waals surface area contributed by atoms with Gasteiger partial charge in [0.25, 0.3) is 5.56 Å². The lowest BCUT2D eigenvalue weighted by Crippen LogP contribution is -2.18. The van der Waals surface area contributed by atoms with Gasteiger partial charge in [-0.05, 0) is 11.6 Å². The summed E-state index contributed by atoms with van der Waals surface area (Å²) in [5.74, 6) is -0.0369. The second-order valence-electron chi connectivity index (χ2n) is 4.85. The van der Waals surface area contributed by atoms with E-state index < -0.39 is 0 Å². The second-order valence-corrected chi connectivity index (χ2v) is 4.85. The molecule has 4 nitrogen and oxygen atoms in total. The fourth-order valence-electron chi connectivity index (χ4n) is 2.88. The molecule has 2 aromatic carbocycles. The van der Waals surface area contributed by atoms with Gasteiger partial charge in [-0.25, -0.2) is 0 Å². The van der Waals surface area contributed by atoms with Crippen molar-refractivity contribution in [3.8, 4) is 11.1 Å². The molecule has 20 heavy (non-hydrogen) atoms. The number of nitrogens with one attached hydrogen (secondary N) is 1. The van der Waals surface area contributed by atoms with Crippen molar-refractivity contribution < 1.29 is 4.79 Å². The number of pyridine rings is 1. The molecule has 0 unspecified atom stereocenters. The number of fused-ring (bicyclic) bond motifs is 2. The third-order valence-corrected chi connectivity index (χ3v) is 3.76. The number of benzene rings is 2. The van der Waals surface area contributed by atoms with Crippen LogP contribution in [0.15, 0.2) is 47.3 Å². The Balaban J connectivity index is 2.35. The molecule has 0 saturated carbocycles. The number of H-pyrrole nitrogens is 1. The van der Waals surface area contributed by atoms with Crippen molar-refractivity contribution in [1.82, 2.24) is 4.98 Å². The van der Waals surface area contributed by atoms with Crippen LogP contribution in [-0.2, 0) is 0 Å². The smallest absolute Gasteiger partial charge is 0.272 e. The van der Waals surface area contributed by atoms with E-state index in [1.165, 1.54) is 0 Å². The van der Waals surface area contributed by atoms with Crippen molar-refractivity contribution >= 4 is 22.4 Å². The monoisotopic (exact) mass is 262 g/mol. The second kappa shape index (κ2) is 3.57. The molecule has 96 valence electrons. The summed E-state index contributed by atoms with van der Waals surface area (Å²) >= 11 is 0. The maximum atomic E-state index is 12.6. The average molecular weight is 262 g/mol. The largest absolute Gasteiger partial charge is 0.394 e. The first-order chi connectivity index (χ1) is 9.68. The Labute approximate surface area is 113 Å². The molecule has 0 saturated heterocycles. The minimum atomic E-state index is -0.325. The molecule has 4 heteroatoms. The molecule has 0 fully saturated rings. The van der Waals surface area contributed by atoms with Crippen LogP contribution >= 0.6 is 0 Å². The summed E-state index contributed by atoms with van der Waals surface area (Å²) in [7, 11) is 0. The normalized spacial score (nSPS) is 12.5. The fourth-order valence-corrected chi connectivity index (χ4v) is 2.88. The minimum absolute atomic E-state index is 0.0369. The van der Waals surface area contributed by atoms with Gasteiger partial charge >= 0.3 is 0 Å². The number of nitrogens with two attached hydrogens (primary N) is 1. The zero-order chi connectivity index (χ0) is 13.9. The number of carbonyl (C=O) groups is 1. The Hall–Kier alpha value is -2.88. The Bertz CT molecular complexity index is 954. The molecule has 1 aliphatic carbocycles. The van der Waals surface area contributed by atoms with Crippen LogP contribution in [0.1, 0.15) is 15.9 Å². The molecule has 3 N–H and O–H groups in total. The van der Waals surface area contributed by atoms with Crippen LogP contribution in [0.25, 0.3) is 22.0 Å². The first kappa shape index (κ1) is 11.0. The number of nitrogen functional groups attached to an aromatic ring is 1. The van der Waals surface area contributed by atoms with Crippen molar-refractivity contribution in [2.24, 2.45) is 0 Å². The van der Waals surface area contributed by atoms with Crippen molar-refractivity contribution in [1.29, 1.82) is 0 Å². The Morgan fingerprint density at radius 1 is 0.850 bits per heavy atom. The summed E-state index contributed by atoms with van der Waals surface area (Å²) in [5, 5.41) is 0.730. The number of aromatic nitrogens is 1. The molecule has 0 radical (unpaired) electrons. The van der Waals surface area contributed by atoms with Gasteiger partial charge < -0.3 is 10.7 Å². The lowest BCUT2D eigenvalue weighted by Gasteiger charge is -2.20. The summed E-state index contributed by atoms with van der Waals surface area (Å²) in [6.45, 7) is 0. The third kappa shape index (κ3) is 1.20. The Morgan fingerprint density at radius 3 is 2.35 bits per heavy atom. The summed E-state index contributed by atoms with van der Waals surface area (Å²) in [6, 6.07) is 12.6. The van der Waals surface area contributed by atoms with Gasteiger partial charge in [-0.3, -0.25) is 9.59 Å². The molecule has 0 atom stereocenters. The Morgan fingerprint density at radius 2 is 1.55 bits per heavy atom. The predicted octanol–water partition coefficient (Wildman–Crippen LogP) is 2.32. The van der Waals surface area contributed by atoms with E-state index in [0.717, 1.165) is 10.9 Å². The van der Waals surface area contributed by atoms with Gasteiger partial charge in [0, 0.05) is 27.6 Å². The van der Waals surface area contributed by atoms with Gasteiger partial charge in [-0.2, -0.15) is 0 Å². The number of hydrogen-bond donors (Lipinski definition) is 2. The van der Waals surface area contributed by atoms with E-state index in [1.807, 2.05) is 18.2 Å². The quantitative estimate of drug-likeness (QED) is 0.510. The van der Waals surface area contributed by atoms with E-state index in [0.29, 0.717) is 22.2 Å². The van der Waals surface area contributed by atoms with Crippen molar-refractivity contribution in [3.05, 3.63) is 63.9 Å². The summed E-state index contributed by atoms with van der Waals surface area (Å²) in [4.78, 5) is 27.3. The fraction of sp³-hybridized carbons (Fsp3) is 0. The highest BCUT2D eigenvalue weighted by Gasteiger charge is 2.27. The Kier molecular flexibility index (Phi) is 1.96. The number of hydrogen-bond acceptors (Lipinski definition) is 3. The number of ketones is 1. The van der Waals surface area contributed by atoms with Gasteiger partial charge in [0.05, 0.1) is 0 Å². The van der Waals surface area contributed by atoms with Gasteiger partial charge in [0.15, 0.2) is 5.78 Å². The number of rotatable bonds is 0. The van der Waals surface area contributed by atoms with Crippen LogP contribution in [0.3, 0.4) is 0 Å². The summed E-state index contributed by atoms with van der Waals surface area (Å²) < 4.78 is 0. The lowest BCUT2D eigenvalue weighted by atomic mass is 9.83. The van der Waals surface area contributed by atoms with E-state index in [-0.39, 0.29) is 17.0 Å². The minimum Gasteiger partial charge on any atom is -0.394 e.